The minimum atomic E-state index is 0.184. The highest BCUT2D eigenvalue weighted by Crippen LogP contribution is 2.06. The Bertz CT molecular complexity index is 300. The predicted molar refractivity (Wildman–Crippen MR) is 65.7 cm³/mol. The van der Waals surface area contributed by atoms with E-state index in [0.29, 0.717) is 6.61 Å². The lowest BCUT2D eigenvalue weighted by molar-refractivity contribution is 0.107. The molecule has 0 aromatic heterocycles. The van der Waals surface area contributed by atoms with Crippen molar-refractivity contribution in [3.05, 3.63) is 54.6 Å². The molecule has 0 saturated carbocycles. The van der Waals surface area contributed by atoms with Gasteiger partial charge in [-0.05, 0) is 12.0 Å². The first-order valence-corrected chi connectivity index (χ1v) is 5.32. The summed E-state index contributed by atoms with van der Waals surface area (Å²) in [4.78, 5) is 0. The summed E-state index contributed by atoms with van der Waals surface area (Å²) >= 11 is 0. The maximum atomic E-state index is 5.56. The van der Waals surface area contributed by atoms with E-state index in [1.807, 2.05) is 18.2 Å². The first-order chi connectivity index (χ1) is 7.36. The van der Waals surface area contributed by atoms with Crippen LogP contribution in [-0.2, 0) is 4.74 Å². The molecule has 0 aliphatic rings. The van der Waals surface area contributed by atoms with Crippen LogP contribution >= 0.6 is 0 Å². The van der Waals surface area contributed by atoms with Crippen molar-refractivity contribution in [2.24, 2.45) is 0 Å². The summed E-state index contributed by atoms with van der Waals surface area (Å²) in [6, 6.07) is 10.2. The van der Waals surface area contributed by atoms with Crippen molar-refractivity contribution in [3.8, 4) is 0 Å². The van der Waals surface area contributed by atoms with Gasteiger partial charge in [-0.3, -0.25) is 0 Å². The number of benzene rings is 1. The molecule has 0 radical (unpaired) electrons. The summed E-state index contributed by atoms with van der Waals surface area (Å²) < 4.78 is 5.56. The fraction of sp³-hybridized carbons (Fsp3) is 0.286. The summed E-state index contributed by atoms with van der Waals surface area (Å²) in [6.45, 7) is 6.36. The largest absolute Gasteiger partial charge is 0.370 e. The van der Waals surface area contributed by atoms with Crippen molar-refractivity contribution in [3.63, 3.8) is 0 Å². The minimum Gasteiger partial charge on any atom is -0.370 e. The second kappa shape index (κ2) is 7.02. The highest BCUT2D eigenvalue weighted by molar-refractivity contribution is 5.49. The molecule has 0 aliphatic heterocycles. The monoisotopic (exact) mass is 202 g/mol. The molecule has 0 aliphatic carbocycles. The number of hydrogen-bond acceptors (Lipinski definition) is 1. The third kappa shape index (κ3) is 4.61. The molecule has 1 heteroatoms. The molecule has 0 amide bonds. The second-order valence-corrected chi connectivity index (χ2v) is 3.34. The highest BCUT2D eigenvalue weighted by Gasteiger charge is 1.99. The molecule has 15 heavy (non-hydrogen) atoms. The molecule has 0 heterocycles. The van der Waals surface area contributed by atoms with Crippen LogP contribution in [0.5, 0.6) is 0 Å². The van der Waals surface area contributed by atoms with E-state index in [9.17, 15) is 0 Å². The van der Waals surface area contributed by atoms with Gasteiger partial charge < -0.3 is 4.74 Å². The van der Waals surface area contributed by atoms with Gasteiger partial charge in [-0.25, -0.2) is 0 Å². The van der Waals surface area contributed by atoms with Crippen LogP contribution in [0.3, 0.4) is 0 Å². The van der Waals surface area contributed by atoms with Gasteiger partial charge in [0.1, 0.15) is 0 Å². The lowest BCUT2D eigenvalue weighted by Crippen LogP contribution is -2.07. The molecular weight excluding hydrogens is 184 g/mol. The highest BCUT2D eigenvalue weighted by atomic mass is 16.5. The van der Waals surface area contributed by atoms with E-state index in [4.69, 9.17) is 4.74 Å². The molecular formula is C14H18O. The van der Waals surface area contributed by atoms with Crippen molar-refractivity contribution in [1.29, 1.82) is 0 Å². The van der Waals surface area contributed by atoms with E-state index in [0.717, 1.165) is 6.42 Å². The van der Waals surface area contributed by atoms with Crippen LogP contribution in [0.15, 0.2) is 49.1 Å². The molecule has 1 atom stereocenters. The number of hydrogen-bond donors (Lipinski definition) is 0. The first-order valence-electron chi connectivity index (χ1n) is 5.32. The zero-order valence-corrected chi connectivity index (χ0v) is 9.23. The first kappa shape index (κ1) is 11.7. The van der Waals surface area contributed by atoms with Crippen molar-refractivity contribution in [2.75, 3.05) is 6.61 Å². The molecule has 80 valence electrons. The topological polar surface area (TPSA) is 9.23 Å². The average Bonchev–Trinajstić information content (AvgIpc) is 2.31. The number of rotatable bonds is 6. The standard InChI is InChI=1S/C14H18O/c1-3-12-15-14(4-2)11-10-13-8-6-5-7-9-13/h3,5-11,14H,1,4,12H2,2H3/b11-10+/t14-/m0/s1. The fourth-order valence-electron chi connectivity index (χ4n) is 1.28. The van der Waals surface area contributed by atoms with E-state index >= 15 is 0 Å². The van der Waals surface area contributed by atoms with Crippen LogP contribution in [0.2, 0.25) is 0 Å². The lowest BCUT2D eigenvalue weighted by atomic mass is 10.1. The van der Waals surface area contributed by atoms with Gasteiger partial charge in [-0.2, -0.15) is 0 Å². The lowest BCUT2D eigenvalue weighted by Gasteiger charge is -2.09. The third-order valence-corrected chi connectivity index (χ3v) is 2.13. The third-order valence-electron chi connectivity index (χ3n) is 2.13. The quantitative estimate of drug-likeness (QED) is 0.639. The second-order valence-electron chi connectivity index (χ2n) is 3.34. The van der Waals surface area contributed by atoms with Gasteiger partial charge in [0.25, 0.3) is 0 Å². The molecule has 0 bridgehead atoms. The van der Waals surface area contributed by atoms with E-state index < -0.39 is 0 Å². The van der Waals surface area contributed by atoms with Crippen molar-refractivity contribution < 1.29 is 4.74 Å². The molecule has 1 nitrogen and oxygen atoms in total. The molecule has 0 saturated heterocycles. The Morgan fingerprint density at radius 3 is 2.67 bits per heavy atom. The summed E-state index contributed by atoms with van der Waals surface area (Å²) in [5.41, 5.74) is 1.21. The molecule has 0 fully saturated rings. The Balaban J connectivity index is 2.50. The summed E-state index contributed by atoms with van der Waals surface area (Å²) in [5, 5.41) is 0. The van der Waals surface area contributed by atoms with Gasteiger partial charge in [0.15, 0.2) is 0 Å². The van der Waals surface area contributed by atoms with Crippen LogP contribution in [0, 0.1) is 0 Å². The van der Waals surface area contributed by atoms with E-state index in [-0.39, 0.29) is 6.10 Å². The smallest absolute Gasteiger partial charge is 0.0760 e. The van der Waals surface area contributed by atoms with Gasteiger partial charge in [0, 0.05) is 0 Å². The van der Waals surface area contributed by atoms with Crippen LogP contribution in [-0.4, -0.2) is 12.7 Å². The van der Waals surface area contributed by atoms with Gasteiger partial charge in [-0.1, -0.05) is 55.5 Å². The Morgan fingerprint density at radius 2 is 2.07 bits per heavy atom. The Labute approximate surface area is 92.1 Å². The summed E-state index contributed by atoms with van der Waals surface area (Å²) in [7, 11) is 0. The van der Waals surface area contributed by atoms with E-state index in [1.165, 1.54) is 5.56 Å². The Morgan fingerprint density at radius 1 is 1.33 bits per heavy atom. The van der Waals surface area contributed by atoms with Crippen LogP contribution in [0.25, 0.3) is 6.08 Å². The SMILES string of the molecule is C=CCO[C@H](/C=C/c1ccccc1)CC. The Hall–Kier alpha value is -1.34. The minimum absolute atomic E-state index is 0.184. The van der Waals surface area contributed by atoms with E-state index in [1.54, 1.807) is 6.08 Å². The summed E-state index contributed by atoms with van der Waals surface area (Å²) in [5.74, 6) is 0. The van der Waals surface area contributed by atoms with Crippen molar-refractivity contribution in [2.45, 2.75) is 19.4 Å². The zero-order valence-electron chi connectivity index (χ0n) is 9.23. The predicted octanol–water partition coefficient (Wildman–Crippen LogP) is 3.68. The maximum absolute atomic E-state index is 5.56. The molecule has 0 spiro atoms. The zero-order chi connectivity index (χ0) is 10.9. The maximum Gasteiger partial charge on any atom is 0.0760 e. The van der Waals surface area contributed by atoms with Crippen molar-refractivity contribution >= 4 is 6.08 Å². The Kier molecular flexibility index (Phi) is 5.49. The van der Waals surface area contributed by atoms with Crippen molar-refractivity contribution in [1.82, 2.24) is 0 Å². The number of ether oxygens (including phenoxy) is 1. The molecule has 1 aromatic rings. The van der Waals surface area contributed by atoms with Gasteiger partial charge in [0.05, 0.1) is 12.7 Å². The van der Waals surface area contributed by atoms with Crippen LogP contribution in [0.4, 0.5) is 0 Å². The molecule has 1 rings (SSSR count). The fourth-order valence-corrected chi connectivity index (χ4v) is 1.28. The average molecular weight is 202 g/mol. The normalized spacial score (nSPS) is 12.9. The van der Waals surface area contributed by atoms with E-state index in [2.05, 4.69) is 37.8 Å². The molecule has 1 aromatic carbocycles. The molecule has 0 unspecified atom stereocenters. The van der Waals surface area contributed by atoms with Crippen LogP contribution < -0.4 is 0 Å². The van der Waals surface area contributed by atoms with Gasteiger partial charge in [0.2, 0.25) is 0 Å². The summed E-state index contributed by atoms with van der Waals surface area (Å²) in [6.07, 6.45) is 7.13. The van der Waals surface area contributed by atoms with Gasteiger partial charge >= 0.3 is 0 Å². The van der Waals surface area contributed by atoms with Crippen LogP contribution in [0.1, 0.15) is 18.9 Å². The molecule has 0 N–H and O–H groups in total. The van der Waals surface area contributed by atoms with Gasteiger partial charge in [-0.15, -0.1) is 6.58 Å².